The Morgan fingerprint density at radius 1 is 1.14 bits per heavy atom. The van der Waals surface area contributed by atoms with Crippen LogP contribution in [0.4, 0.5) is 0 Å². The number of carbonyl (C=O) groups excluding carboxylic acids is 2. The number of methoxy groups -OCH3 is 1. The lowest BCUT2D eigenvalue weighted by Gasteiger charge is -2.09. The van der Waals surface area contributed by atoms with Crippen LogP contribution in [0.5, 0.6) is 5.75 Å². The molecule has 0 bridgehead atoms. The molecule has 0 saturated heterocycles. The van der Waals surface area contributed by atoms with Crippen molar-refractivity contribution in [1.29, 1.82) is 0 Å². The number of aromatic nitrogens is 1. The van der Waals surface area contributed by atoms with Crippen LogP contribution >= 0.6 is 11.8 Å². The number of hydrogen-bond acceptors (Lipinski definition) is 7. The Bertz CT molecular complexity index is 984. The van der Waals surface area contributed by atoms with Crippen molar-refractivity contribution in [3.63, 3.8) is 0 Å². The third-order valence-electron chi connectivity index (χ3n) is 4.13. The molecular weight excluding hydrogens is 390 g/mol. The maximum atomic E-state index is 12.0. The van der Waals surface area contributed by atoms with Gasteiger partial charge >= 0.3 is 5.97 Å². The van der Waals surface area contributed by atoms with E-state index in [4.69, 9.17) is 13.9 Å². The third kappa shape index (κ3) is 5.71. The Hall–Kier alpha value is -3.06. The fourth-order valence-electron chi connectivity index (χ4n) is 2.65. The van der Waals surface area contributed by atoms with Crippen LogP contribution in [0.15, 0.2) is 59.1 Å². The van der Waals surface area contributed by atoms with Crippen LogP contribution in [0.25, 0.3) is 11.3 Å². The summed E-state index contributed by atoms with van der Waals surface area (Å²) in [6, 6.07) is 14.9. The van der Waals surface area contributed by atoms with E-state index in [1.54, 1.807) is 31.5 Å². The fraction of sp³-hybridized carbons (Fsp3) is 0.227. The predicted molar refractivity (Wildman–Crippen MR) is 111 cm³/mol. The minimum Gasteiger partial charge on any atom is -0.496 e. The highest BCUT2D eigenvalue weighted by atomic mass is 32.2. The maximum absolute atomic E-state index is 12.0. The molecule has 0 atom stereocenters. The Morgan fingerprint density at radius 2 is 1.93 bits per heavy atom. The van der Waals surface area contributed by atoms with Gasteiger partial charge in [-0.05, 0) is 25.1 Å². The molecule has 29 heavy (non-hydrogen) atoms. The van der Waals surface area contributed by atoms with Crippen molar-refractivity contribution in [3.05, 3.63) is 71.7 Å². The van der Waals surface area contributed by atoms with Crippen molar-refractivity contribution in [2.75, 3.05) is 12.9 Å². The molecular formula is C22H21NO5S. The predicted octanol–water partition coefficient (Wildman–Crippen LogP) is 4.53. The Labute approximate surface area is 173 Å². The molecule has 0 unspecified atom stereocenters. The molecule has 0 fully saturated rings. The number of ether oxygens (including phenoxy) is 2. The molecule has 6 nitrogen and oxygen atoms in total. The largest absolute Gasteiger partial charge is 0.496 e. The molecule has 1 heterocycles. The molecule has 0 spiro atoms. The molecule has 0 saturated carbocycles. The maximum Gasteiger partial charge on any atom is 0.316 e. The van der Waals surface area contributed by atoms with Gasteiger partial charge in [0, 0.05) is 22.4 Å². The number of carbonyl (C=O) groups is 2. The first-order valence-corrected chi connectivity index (χ1v) is 10.1. The zero-order valence-electron chi connectivity index (χ0n) is 16.2. The summed E-state index contributed by atoms with van der Waals surface area (Å²) in [6.07, 6.45) is 1.61. The summed E-state index contributed by atoms with van der Waals surface area (Å²) in [6.45, 7) is 1.50. The van der Waals surface area contributed by atoms with Crippen LogP contribution in [0.3, 0.4) is 0 Å². The monoisotopic (exact) mass is 411 g/mol. The lowest BCUT2D eigenvalue weighted by Crippen LogP contribution is -2.08. The minimum atomic E-state index is -0.365. The van der Waals surface area contributed by atoms with Crippen molar-refractivity contribution in [2.24, 2.45) is 0 Å². The van der Waals surface area contributed by atoms with E-state index < -0.39 is 0 Å². The van der Waals surface area contributed by atoms with Gasteiger partial charge in [0.05, 0.1) is 19.1 Å². The zero-order chi connectivity index (χ0) is 20.6. The van der Waals surface area contributed by atoms with E-state index in [-0.39, 0.29) is 24.1 Å². The molecule has 0 aliphatic carbocycles. The molecule has 0 N–H and O–H groups in total. The van der Waals surface area contributed by atoms with E-state index in [0.29, 0.717) is 28.7 Å². The second kappa shape index (κ2) is 9.93. The van der Waals surface area contributed by atoms with Gasteiger partial charge in [-0.1, -0.05) is 30.3 Å². The quantitative estimate of drug-likeness (QED) is 0.378. The highest BCUT2D eigenvalue weighted by Gasteiger charge is 2.11. The van der Waals surface area contributed by atoms with Gasteiger partial charge in [0.2, 0.25) is 5.89 Å². The summed E-state index contributed by atoms with van der Waals surface area (Å²) in [4.78, 5) is 27.7. The van der Waals surface area contributed by atoms with E-state index in [2.05, 4.69) is 4.98 Å². The van der Waals surface area contributed by atoms with Crippen LogP contribution in [0, 0.1) is 0 Å². The van der Waals surface area contributed by atoms with E-state index in [0.717, 1.165) is 11.1 Å². The second-order valence-electron chi connectivity index (χ2n) is 6.22. The Balaban J connectivity index is 1.48. The molecule has 0 aliphatic heterocycles. The number of thioether (sulfide) groups is 1. The van der Waals surface area contributed by atoms with Crippen molar-refractivity contribution in [1.82, 2.24) is 4.98 Å². The van der Waals surface area contributed by atoms with Gasteiger partial charge in [0.1, 0.15) is 5.75 Å². The number of rotatable bonds is 9. The molecule has 7 heteroatoms. The molecule has 1 aromatic heterocycles. The molecule has 2 aromatic carbocycles. The topological polar surface area (TPSA) is 78.6 Å². The fourth-order valence-corrected chi connectivity index (χ4v) is 3.45. The van der Waals surface area contributed by atoms with Crippen molar-refractivity contribution < 1.29 is 23.5 Å². The molecule has 3 rings (SSSR count). The van der Waals surface area contributed by atoms with E-state index in [9.17, 15) is 9.59 Å². The average Bonchev–Trinajstić information content (AvgIpc) is 3.22. The number of oxazole rings is 1. The summed E-state index contributed by atoms with van der Waals surface area (Å²) >= 11 is 1.38. The van der Waals surface area contributed by atoms with Crippen molar-refractivity contribution in [2.45, 2.75) is 19.3 Å². The number of hydrogen-bond donors (Lipinski definition) is 0. The van der Waals surface area contributed by atoms with Gasteiger partial charge < -0.3 is 13.9 Å². The molecule has 150 valence electrons. The van der Waals surface area contributed by atoms with E-state index in [1.807, 2.05) is 30.3 Å². The Morgan fingerprint density at radius 3 is 2.66 bits per heavy atom. The second-order valence-corrected chi connectivity index (χ2v) is 7.21. The first kappa shape index (κ1) is 20.7. The third-order valence-corrected chi connectivity index (χ3v) is 5.09. The average molecular weight is 411 g/mol. The van der Waals surface area contributed by atoms with Gasteiger partial charge in [-0.3, -0.25) is 9.59 Å². The Kier molecular flexibility index (Phi) is 7.08. The van der Waals surface area contributed by atoms with Crippen LogP contribution in [0.2, 0.25) is 0 Å². The van der Waals surface area contributed by atoms with Crippen LogP contribution in [-0.4, -0.2) is 29.6 Å². The normalized spacial score (nSPS) is 10.6. The number of benzene rings is 2. The SMILES string of the molecule is COc1ccc(C(C)=O)cc1CSCC(=O)OCc1ncc(-c2ccccc2)o1. The van der Waals surface area contributed by atoms with Gasteiger partial charge in [-0.25, -0.2) is 4.98 Å². The van der Waals surface area contributed by atoms with Gasteiger partial charge in [-0.2, -0.15) is 0 Å². The number of Topliss-reactive ketones (excluding diaryl/α,β-unsaturated/α-hetero) is 1. The highest BCUT2D eigenvalue weighted by molar-refractivity contribution is 7.99. The highest BCUT2D eigenvalue weighted by Crippen LogP contribution is 2.25. The number of esters is 1. The molecule has 0 radical (unpaired) electrons. The molecule has 0 aliphatic rings. The summed E-state index contributed by atoms with van der Waals surface area (Å²) in [5.41, 5.74) is 2.38. The van der Waals surface area contributed by atoms with Crippen LogP contribution in [-0.2, 0) is 21.9 Å². The molecule has 0 amide bonds. The number of nitrogens with zero attached hydrogens (tertiary/aromatic N) is 1. The lowest BCUT2D eigenvalue weighted by molar-refractivity contribution is -0.142. The minimum absolute atomic E-state index is 0.0147. The van der Waals surface area contributed by atoms with Gasteiger partial charge in [0.15, 0.2) is 18.2 Å². The smallest absolute Gasteiger partial charge is 0.316 e. The lowest BCUT2D eigenvalue weighted by atomic mass is 10.1. The van der Waals surface area contributed by atoms with E-state index >= 15 is 0 Å². The number of ketones is 1. The summed E-state index contributed by atoms with van der Waals surface area (Å²) < 4.78 is 16.2. The summed E-state index contributed by atoms with van der Waals surface area (Å²) in [7, 11) is 1.57. The zero-order valence-corrected chi connectivity index (χ0v) is 17.0. The summed E-state index contributed by atoms with van der Waals surface area (Å²) in [5.74, 6) is 1.97. The summed E-state index contributed by atoms with van der Waals surface area (Å²) in [5, 5.41) is 0. The first-order chi connectivity index (χ1) is 14.1. The molecule has 3 aromatic rings. The van der Waals surface area contributed by atoms with Gasteiger partial charge in [-0.15, -0.1) is 11.8 Å². The standard InChI is InChI=1S/C22H21NO5S/c1-15(24)17-8-9-19(26-2)18(10-17)13-29-14-22(25)27-12-21-23-11-20(28-21)16-6-4-3-5-7-16/h3-11H,12-14H2,1-2H3. The van der Waals surface area contributed by atoms with Crippen molar-refractivity contribution in [3.8, 4) is 17.1 Å². The van der Waals surface area contributed by atoms with E-state index in [1.165, 1.54) is 18.7 Å². The van der Waals surface area contributed by atoms with Crippen molar-refractivity contribution >= 4 is 23.5 Å². The van der Waals surface area contributed by atoms with Gasteiger partial charge in [0.25, 0.3) is 0 Å². The van der Waals surface area contributed by atoms with Crippen LogP contribution in [0.1, 0.15) is 28.7 Å². The van der Waals surface area contributed by atoms with Crippen LogP contribution < -0.4 is 4.74 Å². The first-order valence-electron chi connectivity index (χ1n) is 8.98.